The predicted molar refractivity (Wildman–Crippen MR) is 69.9 cm³/mol. The highest BCUT2D eigenvalue weighted by molar-refractivity contribution is 9.10. The molecule has 2 atom stereocenters. The van der Waals surface area contributed by atoms with Gasteiger partial charge in [0.25, 0.3) is 0 Å². The van der Waals surface area contributed by atoms with Crippen LogP contribution in [0.15, 0.2) is 16.6 Å². The van der Waals surface area contributed by atoms with Gasteiger partial charge in [-0.05, 0) is 30.0 Å². The lowest BCUT2D eigenvalue weighted by Gasteiger charge is -2.13. The molecular formula is C13H18BrNO. The van der Waals surface area contributed by atoms with Gasteiger partial charge in [0.05, 0.1) is 6.04 Å². The van der Waals surface area contributed by atoms with Crippen molar-refractivity contribution in [2.75, 3.05) is 0 Å². The second-order valence-corrected chi connectivity index (χ2v) is 5.57. The molecular weight excluding hydrogens is 266 g/mol. The quantitative estimate of drug-likeness (QED) is 0.897. The molecule has 1 aliphatic rings. The molecule has 3 heteroatoms. The van der Waals surface area contributed by atoms with E-state index in [0.29, 0.717) is 5.92 Å². The summed E-state index contributed by atoms with van der Waals surface area (Å²) in [6.07, 6.45) is 1.08. The topological polar surface area (TPSA) is 35.2 Å². The molecule has 88 valence electrons. The third kappa shape index (κ3) is 1.87. The van der Waals surface area contributed by atoms with Crippen LogP contribution in [0.5, 0.6) is 5.75 Å². The highest BCUT2D eigenvalue weighted by Gasteiger charge is 2.32. The Labute approximate surface area is 105 Å². The molecule has 1 aromatic carbocycles. The minimum Gasteiger partial charge on any atom is -0.488 e. The zero-order valence-electron chi connectivity index (χ0n) is 9.96. The van der Waals surface area contributed by atoms with Crippen LogP contribution >= 0.6 is 15.9 Å². The van der Waals surface area contributed by atoms with Gasteiger partial charge in [-0.25, -0.2) is 0 Å². The van der Waals surface area contributed by atoms with Crippen LogP contribution in [0.2, 0.25) is 0 Å². The highest BCUT2D eigenvalue weighted by atomic mass is 79.9. The van der Waals surface area contributed by atoms with Gasteiger partial charge in [0, 0.05) is 10.0 Å². The average Bonchev–Trinajstić information content (AvgIpc) is 2.55. The first-order valence-electron chi connectivity index (χ1n) is 5.80. The molecule has 0 aliphatic carbocycles. The van der Waals surface area contributed by atoms with Crippen molar-refractivity contribution in [3.05, 3.63) is 27.7 Å². The Balaban J connectivity index is 2.51. The normalized spacial score (nSPS) is 23.4. The van der Waals surface area contributed by atoms with Crippen LogP contribution in [-0.2, 0) is 0 Å². The van der Waals surface area contributed by atoms with E-state index in [1.807, 2.05) is 0 Å². The summed E-state index contributed by atoms with van der Waals surface area (Å²) in [6, 6.07) is 4.23. The number of fused-ring (bicyclic) bond motifs is 1. The summed E-state index contributed by atoms with van der Waals surface area (Å²) in [7, 11) is 0. The van der Waals surface area contributed by atoms with Crippen LogP contribution in [0.3, 0.4) is 0 Å². The second kappa shape index (κ2) is 4.38. The van der Waals surface area contributed by atoms with Crippen LogP contribution in [0, 0.1) is 0 Å². The molecule has 0 spiro atoms. The van der Waals surface area contributed by atoms with E-state index in [1.165, 1.54) is 5.56 Å². The zero-order valence-corrected chi connectivity index (χ0v) is 11.5. The smallest absolute Gasteiger partial charge is 0.128 e. The number of benzene rings is 1. The molecule has 0 saturated carbocycles. The minimum absolute atomic E-state index is 0.00926. The maximum Gasteiger partial charge on any atom is 0.128 e. The van der Waals surface area contributed by atoms with Crippen molar-refractivity contribution in [1.29, 1.82) is 0 Å². The lowest BCUT2D eigenvalue weighted by Crippen LogP contribution is -2.24. The van der Waals surface area contributed by atoms with Crippen molar-refractivity contribution in [1.82, 2.24) is 0 Å². The SMILES string of the molecule is CCC1Oc2c(C(C)C)cc(Br)cc2C1N. The molecule has 2 nitrogen and oxygen atoms in total. The molecule has 0 amide bonds. The third-order valence-electron chi connectivity index (χ3n) is 3.16. The summed E-state index contributed by atoms with van der Waals surface area (Å²) < 4.78 is 7.06. The van der Waals surface area contributed by atoms with Crippen LogP contribution in [0.1, 0.15) is 50.3 Å². The molecule has 1 aliphatic heterocycles. The van der Waals surface area contributed by atoms with Gasteiger partial charge in [0.15, 0.2) is 0 Å². The van der Waals surface area contributed by atoms with E-state index in [1.54, 1.807) is 0 Å². The van der Waals surface area contributed by atoms with E-state index in [2.05, 4.69) is 48.8 Å². The number of rotatable bonds is 2. The molecule has 0 saturated heterocycles. The molecule has 2 unspecified atom stereocenters. The van der Waals surface area contributed by atoms with Crippen LogP contribution in [0.4, 0.5) is 0 Å². The molecule has 2 N–H and O–H groups in total. The lowest BCUT2D eigenvalue weighted by molar-refractivity contribution is 0.200. The van der Waals surface area contributed by atoms with Gasteiger partial charge in [-0.1, -0.05) is 36.7 Å². The van der Waals surface area contributed by atoms with E-state index in [0.717, 1.165) is 22.2 Å². The maximum absolute atomic E-state index is 6.19. The van der Waals surface area contributed by atoms with Crippen molar-refractivity contribution in [3.8, 4) is 5.75 Å². The molecule has 0 radical (unpaired) electrons. The molecule has 2 rings (SSSR count). The summed E-state index contributed by atoms with van der Waals surface area (Å²) in [5.41, 5.74) is 8.58. The van der Waals surface area contributed by atoms with E-state index in [4.69, 9.17) is 10.5 Å². The van der Waals surface area contributed by atoms with Gasteiger partial charge in [0.1, 0.15) is 11.9 Å². The molecule has 16 heavy (non-hydrogen) atoms. The molecule has 0 bridgehead atoms. The number of ether oxygens (including phenoxy) is 1. The first kappa shape index (κ1) is 11.9. The first-order chi connectivity index (χ1) is 7.54. The number of halogens is 1. The van der Waals surface area contributed by atoms with Crippen molar-refractivity contribution in [2.45, 2.75) is 45.3 Å². The van der Waals surface area contributed by atoms with Gasteiger partial charge >= 0.3 is 0 Å². The Hall–Kier alpha value is -0.540. The second-order valence-electron chi connectivity index (χ2n) is 4.66. The van der Waals surface area contributed by atoms with E-state index in [-0.39, 0.29) is 12.1 Å². The number of hydrogen-bond acceptors (Lipinski definition) is 2. The van der Waals surface area contributed by atoms with Crippen molar-refractivity contribution in [2.24, 2.45) is 5.73 Å². The first-order valence-corrected chi connectivity index (χ1v) is 6.59. The van der Waals surface area contributed by atoms with Gasteiger partial charge in [-0.3, -0.25) is 0 Å². The van der Waals surface area contributed by atoms with Crippen LogP contribution < -0.4 is 10.5 Å². The lowest BCUT2D eigenvalue weighted by atomic mass is 9.96. The standard InChI is InChI=1S/C13H18BrNO/c1-4-11-12(15)10-6-8(14)5-9(7(2)3)13(10)16-11/h5-7,11-12H,4,15H2,1-3H3. The largest absolute Gasteiger partial charge is 0.488 e. The van der Waals surface area contributed by atoms with Gasteiger partial charge in [0.2, 0.25) is 0 Å². The zero-order chi connectivity index (χ0) is 11.9. The van der Waals surface area contributed by atoms with E-state index in [9.17, 15) is 0 Å². The maximum atomic E-state index is 6.19. The fourth-order valence-corrected chi connectivity index (χ4v) is 2.70. The minimum atomic E-state index is 0.00926. The monoisotopic (exact) mass is 283 g/mol. The molecule has 0 aromatic heterocycles. The number of nitrogens with two attached hydrogens (primary N) is 1. The Bertz CT molecular complexity index is 403. The summed E-state index contributed by atoms with van der Waals surface area (Å²) in [5.74, 6) is 1.46. The van der Waals surface area contributed by atoms with E-state index < -0.39 is 0 Å². The Morgan fingerprint density at radius 2 is 2.12 bits per heavy atom. The van der Waals surface area contributed by atoms with Gasteiger partial charge < -0.3 is 10.5 Å². The number of hydrogen-bond donors (Lipinski definition) is 1. The van der Waals surface area contributed by atoms with Crippen LogP contribution in [0.25, 0.3) is 0 Å². The fraction of sp³-hybridized carbons (Fsp3) is 0.538. The van der Waals surface area contributed by atoms with Gasteiger partial charge in [-0.15, -0.1) is 0 Å². The van der Waals surface area contributed by atoms with E-state index >= 15 is 0 Å². The average molecular weight is 284 g/mol. The Morgan fingerprint density at radius 1 is 1.44 bits per heavy atom. The Kier molecular flexibility index (Phi) is 3.27. The summed E-state index contributed by atoms with van der Waals surface area (Å²) >= 11 is 3.54. The van der Waals surface area contributed by atoms with Crippen molar-refractivity contribution in [3.63, 3.8) is 0 Å². The highest BCUT2D eigenvalue weighted by Crippen LogP contribution is 2.43. The van der Waals surface area contributed by atoms with Crippen molar-refractivity contribution < 1.29 is 4.74 Å². The molecule has 0 fully saturated rings. The molecule has 1 aromatic rings. The summed E-state index contributed by atoms with van der Waals surface area (Å²) in [6.45, 7) is 6.47. The summed E-state index contributed by atoms with van der Waals surface area (Å²) in [4.78, 5) is 0. The predicted octanol–water partition coefficient (Wildman–Crippen LogP) is 3.74. The molecule has 1 heterocycles. The Morgan fingerprint density at radius 3 is 2.69 bits per heavy atom. The fourth-order valence-electron chi connectivity index (χ4n) is 2.21. The third-order valence-corrected chi connectivity index (χ3v) is 3.62. The van der Waals surface area contributed by atoms with Gasteiger partial charge in [-0.2, -0.15) is 0 Å². The summed E-state index contributed by atoms with van der Waals surface area (Å²) in [5, 5.41) is 0. The van der Waals surface area contributed by atoms with Crippen molar-refractivity contribution >= 4 is 15.9 Å². The van der Waals surface area contributed by atoms with Crippen LogP contribution in [-0.4, -0.2) is 6.10 Å².